The smallest absolute Gasteiger partial charge is 0.242 e. The number of aliphatic hydroxyl groups excluding tert-OH is 1. The second-order valence-electron chi connectivity index (χ2n) is 5.32. The van der Waals surface area contributed by atoms with Crippen LogP contribution >= 0.6 is 0 Å². The number of morpholine rings is 1. The number of sulfonamides is 1. The maximum absolute atomic E-state index is 12.1. The Morgan fingerprint density at radius 1 is 1.43 bits per heavy atom. The Labute approximate surface area is 126 Å². The van der Waals surface area contributed by atoms with E-state index in [0.29, 0.717) is 24.7 Å². The van der Waals surface area contributed by atoms with Crippen LogP contribution in [-0.2, 0) is 21.3 Å². The average molecular weight is 314 g/mol. The van der Waals surface area contributed by atoms with Gasteiger partial charge in [0.25, 0.3) is 0 Å². The number of hydrogen-bond donors (Lipinski definition) is 1. The lowest BCUT2D eigenvalue weighted by atomic mass is 10.1. The van der Waals surface area contributed by atoms with Crippen molar-refractivity contribution in [3.05, 3.63) is 29.8 Å². The topological polar surface area (TPSA) is 70.1 Å². The Morgan fingerprint density at radius 3 is 2.86 bits per heavy atom. The number of benzene rings is 1. The van der Waals surface area contributed by atoms with E-state index in [2.05, 4.69) is 4.90 Å². The van der Waals surface area contributed by atoms with Crippen LogP contribution in [0.1, 0.15) is 5.56 Å². The molecule has 1 aromatic rings. The molecule has 1 unspecified atom stereocenters. The summed E-state index contributed by atoms with van der Waals surface area (Å²) >= 11 is 0. The van der Waals surface area contributed by atoms with Gasteiger partial charge in [-0.15, -0.1) is 0 Å². The van der Waals surface area contributed by atoms with Crippen molar-refractivity contribution < 1.29 is 18.3 Å². The van der Waals surface area contributed by atoms with Crippen LogP contribution in [0.4, 0.5) is 0 Å². The molecule has 1 aliphatic rings. The number of rotatable bonds is 5. The first-order valence-electron chi connectivity index (χ1n) is 6.89. The quantitative estimate of drug-likeness (QED) is 0.836. The highest BCUT2D eigenvalue weighted by atomic mass is 32.2. The number of nitrogens with zero attached hydrogens (tertiary/aromatic N) is 2. The van der Waals surface area contributed by atoms with Crippen LogP contribution in [0.5, 0.6) is 0 Å². The molecule has 1 saturated heterocycles. The van der Waals surface area contributed by atoms with Gasteiger partial charge in [0.05, 0.1) is 30.8 Å². The molecule has 0 spiro atoms. The summed E-state index contributed by atoms with van der Waals surface area (Å²) in [6.45, 7) is 2.51. The van der Waals surface area contributed by atoms with Crippen LogP contribution in [0.3, 0.4) is 0 Å². The van der Waals surface area contributed by atoms with Crippen LogP contribution in [0, 0.1) is 0 Å². The summed E-state index contributed by atoms with van der Waals surface area (Å²) in [4.78, 5) is 2.41. The summed E-state index contributed by atoms with van der Waals surface area (Å²) in [6, 6.07) is 6.91. The summed E-state index contributed by atoms with van der Waals surface area (Å²) in [7, 11) is -0.379. The zero-order chi connectivity index (χ0) is 15.5. The fourth-order valence-electron chi connectivity index (χ4n) is 2.32. The molecule has 21 heavy (non-hydrogen) atoms. The summed E-state index contributed by atoms with van der Waals surface area (Å²) in [5.74, 6) is 0. The third-order valence-corrected chi connectivity index (χ3v) is 5.43. The van der Waals surface area contributed by atoms with Gasteiger partial charge in [0.15, 0.2) is 0 Å². The summed E-state index contributed by atoms with van der Waals surface area (Å²) < 4.78 is 30.9. The zero-order valence-electron chi connectivity index (χ0n) is 12.4. The molecule has 6 nitrogen and oxygen atoms in total. The molecular formula is C14H22N2O4S. The van der Waals surface area contributed by atoms with E-state index in [9.17, 15) is 13.5 Å². The van der Waals surface area contributed by atoms with Crippen LogP contribution in [0.2, 0.25) is 0 Å². The van der Waals surface area contributed by atoms with Gasteiger partial charge in [-0.25, -0.2) is 12.7 Å². The molecule has 1 fully saturated rings. The largest absolute Gasteiger partial charge is 0.395 e. The first-order chi connectivity index (χ1) is 9.95. The minimum atomic E-state index is -3.42. The summed E-state index contributed by atoms with van der Waals surface area (Å²) in [5, 5.41) is 9.37. The first kappa shape index (κ1) is 16.4. The van der Waals surface area contributed by atoms with Gasteiger partial charge < -0.3 is 9.84 Å². The molecule has 0 bridgehead atoms. The summed E-state index contributed by atoms with van der Waals surface area (Å²) in [6.07, 6.45) is 0. The van der Waals surface area contributed by atoms with Crippen molar-refractivity contribution in [1.82, 2.24) is 9.21 Å². The van der Waals surface area contributed by atoms with Gasteiger partial charge in [0.1, 0.15) is 0 Å². The normalized spacial score (nSPS) is 20.9. The SMILES string of the molecule is CN(C)S(=O)(=O)c1cccc(CN2CCOCC2CO)c1. The van der Waals surface area contributed by atoms with Crippen molar-refractivity contribution in [3.8, 4) is 0 Å². The Kier molecular flexibility index (Phi) is 5.34. The lowest BCUT2D eigenvalue weighted by Gasteiger charge is -2.34. The van der Waals surface area contributed by atoms with Crippen molar-refractivity contribution in [2.75, 3.05) is 40.5 Å². The van der Waals surface area contributed by atoms with E-state index in [4.69, 9.17) is 4.74 Å². The fourth-order valence-corrected chi connectivity index (χ4v) is 3.29. The fraction of sp³-hybridized carbons (Fsp3) is 0.571. The highest BCUT2D eigenvalue weighted by Crippen LogP contribution is 2.18. The molecule has 0 aliphatic carbocycles. The van der Waals surface area contributed by atoms with Crippen molar-refractivity contribution in [2.24, 2.45) is 0 Å². The lowest BCUT2D eigenvalue weighted by molar-refractivity contribution is -0.0312. The van der Waals surface area contributed by atoms with E-state index >= 15 is 0 Å². The first-order valence-corrected chi connectivity index (χ1v) is 8.33. The van der Waals surface area contributed by atoms with E-state index in [0.717, 1.165) is 12.1 Å². The second-order valence-corrected chi connectivity index (χ2v) is 7.47. The maximum atomic E-state index is 12.1. The van der Waals surface area contributed by atoms with Crippen LogP contribution < -0.4 is 0 Å². The van der Waals surface area contributed by atoms with E-state index in [1.807, 2.05) is 6.07 Å². The molecule has 1 heterocycles. The molecular weight excluding hydrogens is 292 g/mol. The minimum Gasteiger partial charge on any atom is -0.395 e. The average Bonchev–Trinajstić information content (AvgIpc) is 2.48. The molecule has 118 valence electrons. The summed E-state index contributed by atoms with van der Waals surface area (Å²) in [5.41, 5.74) is 0.915. The van der Waals surface area contributed by atoms with Crippen molar-refractivity contribution in [2.45, 2.75) is 17.5 Å². The number of ether oxygens (including phenoxy) is 1. The van der Waals surface area contributed by atoms with Gasteiger partial charge in [-0.3, -0.25) is 4.90 Å². The molecule has 0 aromatic heterocycles. The van der Waals surface area contributed by atoms with Gasteiger partial charge in [-0.05, 0) is 17.7 Å². The molecule has 1 N–H and O–H groups in total. The lowest BCUT2D eigenvalue weighted by Crippen LogP contribution is -2.46. The Balaban J connectivity index is 2.18. The Bertz CT molecular complexity index is 574. The van der Waals surface area contributed by atoms with Crippen molar-refractivity contribution in [3.63, 3.8) is 0 Å². The Morgan fingerprint density at radius 2 is 2.19 bits per heavy atom. The van der Waals surface area contributed by atoms with E-state index < -0.39 is 10.0 Å². The van der Waals surface area contributed by atoms with Gasteiger partial charge >= 0.3 is 0 Å². The molecule has 1 aromatic carbocycles. The second kappa shape index (κ2) is 6.85. The minimum absolute atomic E-state index is 0.0344. The van der Waals surface area contributed by atoms with Crippen LogP contribution in [0.15, 0.2) is 29.2 Å². The van der Waals surface area contributed by atoms with E-state index in [1.54, 1.807) is 18.2 Å². The highest BCUT2D eigenvalue weighted by molar-refractivity contribution is 7.89. The number of aliphatic hydroxyl groups is 1. The number of hydrogen-bond acceptors (Lipinski definition) is 5. The maximum Gasteiger partial charge on any atom is 0.242 e. The third kappa shape index (κ3) is 3.81. The van der Waals surface area contributed by atoms with Crippen LogP contribution in [-0.4, -0.2) is 69.2 Å². The third-order valence-electron chi connectivity index (χ3n) is 3.62. The molecule has 7 heteroatoms. The molecule has 2 rings (SSSR count). The molecule has 1 aliphatic heterocycles. The van der Waals surface area contributed by atoms with E-state index in [1.165, 1.54) is 18.4 Å². The van der Waals surface area contributed by atoms with Gasteiger partial charge in [-0.2, -0.15) is 0 Å². The van der Waals surface area contributed by atoms with Gasteiger partial charge in [0.2, 0.25) is 10.0 Å². The van der Waals surface area contributed by atoms with Crippen molar-refractivity contribution in [1.29, 1.82) is 0 Å². The van der Waals surface area contributed by atoms with Gasteiger partial charge in [0, 0.05) is 27.2 Å². The monoisotopic (exact) mass is 314 g/mol. The highest BCUT2D eigenvalue weighted by Gasteiger charge is 2.23. The molecule has 0 amide bonds. The predicted molar refractivity (Wildman–Crippen MR) is 79.4 cm³/mol. The van der Waals surface area contributed by atoms with Crippen molar-refractivity contribution >= 4 is 10.0 Å². The van der Waals surface area contributed by atoms with Crippen LogP contribution in [0.25, 0.3) is 0 Å². The van der Waals surface area contributed by atoms with E-state index in [-0.39, 0.29) is 12.6 Å². The van der Waals surface area contributed by atoms with Gasteiger partial charge in [-0.1, -0.05) is 12.1 Å². The predicted octanol–water partition coefficient (Wildman–Crippen LogP) is 0.130. The standard InChI is InChI=1S/C14H22N2O4S/c1-15(2)21(18,19)14-5-3-4-12(8-14)9-16-6-7-20-11-13(16)10-17/h3-5,8,13,17H,6-7,9-11H2,1-2H3. The zero-order valence-corrected chi connectivity index (χ0v) is 13.2. The molecule has 1 atom stereocenters. The Hall–Kier alpha value is -0.990. The molecule has 0 radical (unpaired) electrons. The molecule has 0 saturated carbocycles.